The van der Waals surface area contributed by atoms with E-state index in [9.17, 15) is 44.7 Å². The number of carbonyl (C=O) groups is 2. The number of nitrogens with zero attached hydrogens (tertiary/aromatic N) is 1. The molecule has 0 atom stereocenters. The zero-order valence-corrected chi connectivity index (χ0v) is 26.6. The first-order chi connectivity index (χ1) is 23.5. The Labute approximate surface area is 280 Å². The number of aromatic nitrogens is 1. The molecule has 0 spiro atoms. The van der Waals surface area contributed by atoms with E-state index in [0.717, 1.165) is 16.6 Å². The second kappa shape index (κ2) is 12.7. The van der Waals surface area contributed by atoms with E-state index in [2.05, 4.69) is 4.57 Å². The molecule has 0 radical (unpaired) electrons. The molecule has 262 valence electrons. The molecular formula is C37H29F8NO4. The van der Waals surface area contributed by atoms with Gasteiger partial charge in [-0.05, 0) is 72.0 Å². The van der Waals surface area contributed by atoms with Gasteiger partial charge in [0, 0.05) is 34.0 Å². The van der Waals surface area contributed by atoms with Gasteiger partial charge in [0.1, 0.15) is 11.5 Å². The van der Waals surface area contributed by atoms with Gasteiger partial charge in [0.25, 0.3) is 0 Å². The second-order valence-electron chi connectivity index (χ2n) is 13.0. The number of alkyl halides is 8. The highest BCUT2D eigenvalue weighted by atomic mass is 19.3. The highest BCUT2D eigenvalue weighted by Crippen LogP contribution is 2.42. The largest absolute Gasteiger partial charge is 0.486 e. The molecule has 0 aliphatic carbocycles. The Kier molecular flexibility index (Phi) is 8.90. The average molecular weight is 704 g/mol. The smallest absolute Gasteiger partial charge is 0.340 e. The summed E-state index contributed by atoms with van der Waals surface area (Å²) >= 11 is 0. The van der Waals surface area contributed by atoms with Crippen LogP contribution in [-0.2, 0) is 13.0 Å². The number of hydrogen-bond acceptors (Lipinski definition) is 4. The predicted octanol–water partition coefficient (Wildman–Crippen LogP) is 9.40. The van der Waals surface area contributed by atoms with Gasteiger partial charge in [0.2, 0.25) is 0 Å². The van der Waals surface area contributed by atoms with Crippen LogP contribution in [0.3, 0.4) is 0 Å². The maximum atomic E-state index is 13.9. The Balaban J connectivity index is 1.43. The Hall–Kier alpha value is -4.94. The number of fused-ring (bicyclic) bond motifs is 3. The molecule has 5 nitrogen and oxygen atoms in total. The third kappa shape index (κ3) is 6.52. The van der Waals surface area contributed by atoms with Gasteiger partial charge in [0.15, 0.2) is 24.8 Å². The standard InChI is InChI=1S/C37H29F8NO4/c1-35(2)16-22-13-21(32(48)24-8-4-6-10-29(24)50-19-37(44,45)34(40)41)15-26-25-14-20(11-12-27(25)46(17-35)30(22)26)31(47)23-7-3-5-9-28(23)49-18-36(42,43)33(38)39/h3-15,33-34H,16-19H2,1-2H3. The van der Waals surface area contributed by atoms with Crippen molar-refractivity contribution in [2.75, 3.05) is 13.2 Å². The van der Waals surface area contributed by atoms with Gasteiger partial charge < -0.3 is 14.0 Å². The van der Waals surface area contributed by atoms with Crippen LogP contribution in [0.4, 0.5) is 35.1 Å². The zero-order chi connectivity index (χ0) is 36.2. The van der Waals surface area contributed by atoms with Gasteiger partial charge >= 0.3 is 24.7 Å². The lowest BCUT2D eigenvalue weighted by atomic mass is 9.81. The van der Waals surface area contributed by atoms with Crippen molar-refractivity contribution in [3.8, 4) is 11.5 Å². The van der Waals surface area contributed by atoms with Crippen molar-refractivity contribution in [3.63, 3.8) is 0 Å². The van der Waals surface area contributed by atoms with Crippen LogP contribution in [-0.4, -0.2) is 54.0 Å². The van der Waals surface area contributed by atoms with E-state index in [0.29, 0.717) is 23.7 Å². The molecule has 13 heteroatoms. The molecule has 4 aromatic carbocycles. The lowest BCUT2D eigenvalue weighted by Gasteiger charge is -2.32. The fraction of sp³-hybridized carbons (Fsp3) is 0.297. The van der Waals surface area contributed by atoms with Crippen molar-refractivity contribution >= 4 is 33.4 Å². The summed E-state index contributed by atoms with van der Waals surface area (Å²) in [6.07, 6.45) is -7.37. The van der Waals surface area contributed by atoms with Gasteiger partial charge in [-0.1, -0.05) is 38.1 Å². The van der Waals surface area contributed by atoms with Crippen LogP contribution in [0.1, 0.15) is 51.3 Å². The van der Waals surface area contributed by atoms with Gasteiger partial charge in [-0.25, -0.2) is 17.6 Å². The first-order valence-electron chi connectivity index (χ1n) is 15.4. The number of ketones is 2. The fourth-order valence-corrected chi connectivity index (χ4v) is 6.24. The van der Waals surface area contributed by atoms with Gasteiger partial charge in [-0.3, -0.25) is 9.59 Å². The summed E-state index contributed by atoms with van der Waals surface area (Å²) in [6.45, 7) is 1.40. The quantitative estimate of drug-likeness (QED) is 0.0960. The Morgan fingerprint density at radius 2 is 1.22 bits per heavy atom. The number of halogens is 8. The monoisotopic (exact) mass is 703 g/mol. The van der Waals surface area contributed by atoms with Crippen molar-refractivity contribution < 1.29 is 54.2 Å². The molecular weight excluding hydrogens is 674 g/mol. The van der Waals surface area contributed by atoms with Crippen LogP contribution in [0.25, 0.3) is 21.8 Å². The second-order valence-corrected chi connectivity index (χ2v) is 13.0. The molecule has 50 heavy (non-hydrogen) atoms. The molecule has 0 bridgehead atoms. The van der Waals surface area contributed by atoms with Crippen LogP contribution in [0.15, 0.2) is 78.9 Å². The summed E-state index contributed by atoms with van der Waals surface area (Å²) in [6, 6.07) is 19.1. The first kappa shape index (κ1) is 34.9. The molecule has 1 aliphatic heterocycles. The van der Waals surface area contributed by atoms with Crippen molar-refractivity contribution in [2.24, 2.45) is 5.41 Å². The molecule has 0 fully saturated rings. The van der Waals surface area contributed by atoms with Crippen molar-refractivity contribution in [1.29, 1.82) is 0 Å². The molecule has 5 aromatic rings. The zero-order valence-electron chi connectivity index (χ0n) is 26.6. The van der Waals surface area contributed by atoms with E-state index in [4.69, 9.17) is 9.47 Å². The van der Waals surface area contributed by atoms with Crippen LogP contribution < -0.4 is 9.47 Å². The molecule has 0 N–H and O–H groups in total. The van der Waals surface area contributed by atoms with Crippen molar-refractivity contribution in [3.05, 3.63) is 107 Å². The first-order valence-corrected chi connectivity index (χ1v) is 15.4. The van der Waals surface area contributed by atoms with Crippen molar-refractivity contribution in [1.82, 2.24) is 4.57 Å². The minimum Gasteiger partial charge on any atom is -0.486 e. The summed E-state index contributed by atoms with van der Waals surface area (Å²) in [4.78, 5) is 27.7. The van der Waals surface area contributed by atoms with E-state index < -0.39 is 49.5 Å². The summed E-state index contributed by atoms with van der Waals surface area (Å²) < 4.78 is 118. The fourth-order valence-electron chi connectivity index (χ4n) is 6.24. The van der Waals surface area contributed by atoms with E-state index in [1.54, 1.807) is 30.3 Å². The minimum atomic E-state index is -4.44. The molecule has 1 aromatic heterocycles. The molecule has 0 saturated carbocycles. The third-order valence-electron chi connectivity index (χ3n) is 8.56. The SMILES string of the molecule is CC1(C)Cc2cc(C(=O)c3ccccc3OCC(F)(F)C(F)F)cc3c4cc(C(=O)c5ccccc5OCC(F)(F)C(F)F)ccc4n(c23)C1. The number of carbonyl (C=O) groups excluding carboxylic acids is 2. The highest BCUT2D eigenvalue weighted by Gasteiger charge is 2.43. The third-order valence-corrected chi connectivity index (χ3v) is 8.56. The Morgan fingerprint density at radius 3 is 1.76 bits per heavy atom. The molecule has 0 unspecified atom stereocenters. The van der Waals surface area contributed by atoms with Crippen molar-refractivity contribution in [2.45, 2.75) is 51.5 Å². The van der Waals surface area contributed by atoms with Crippen LogP contribution in [0.2, 0.25) is 0 Å². The van der Waals surface area contributed by atoms with Crippen LogP contribution in [0.5, 0.6) is 11.5 Å². The number of hydrogen-bond donors (Lipinski definition) is 0. The number of para-hydroxylation sites is 2. The lowest BCUT2D eigenvalue weighted by Crippen LogP contribution is -2.34. The summed E-state index contributed by atoms with van der Waals surface area (Å²) in [5.41, 5.74) is 2.10. The topological polar surface area (TPSA) is 57.5 Å². The van der Waals surface area contributed by atoms with Gasteiger partial charge in [-0.2, -0.15) is 17.6 Å². The maximum absolute atomic E-state index is 13.9. The average Bonchev–Trinajstić information content (AvgIpc) is 3.38. The molecule has 6 rings (SSSR count). The lowest BCUT2D eigenvalue weighted by molar-refractivity contribution is -0.148. The Morgan fingerprint density at radius 1 is 0.720 bits per heavy atom. The molecule has 1 aliphatic rings. The normalized spacial score (nSPS) is 14.5. The molecule has 2 heterocycles. The Bertz CT molecular complexity index is 2120. The van der Waals surface area contributed by atoms with E-state index >= 15 is 0 Å². The summed E-state index contributed by atoms with van der Waals surface area (Å²) in [7, 11) is 0. The predicted molar refractivity (Wildman–Crippen MR) is 170 cm³/mol. The molecule has 0 saturated heterocycles. The van der Waals surface area contributed by atoms with E-state index in [1.807, 2.05) is 13.8 Å². The van der Waals surface area contributed by atoms with E-state index in [1.165, 1.54) is 48.5 Å². The molecule has 0 amide bonds. The van der Waals surface area contributed by atoms with Crippen LogP contribution in [0, 0.1) is 5.41 Å². The highest BCUT2D eigenvalue weighted by molar-refractivity contribution is 6.18. The number of benzene rings is 4. The number of ether oxygens (including phenoxy) is 2. The summed E-state index contributed by atoms with van der Waals surface area (Å²) in [5.74, 6) is -10.7. The van der Waals surface area contributed by atoms with E-state index in [-0.39, 0.29) is 39.2 Å². The van der Waals surface area contributed by atoms with Gasteiger partial charge in [0.05, 0.1) is 16.6 Å². The summed E-state index contributed by atoms with van der Waals surface area (Å²) in [5, 5.41) is 1.16. The van der Waals surface area contributed by atoms with Gasteiger partial charge in [-0.15, -0.1) is 0 Å². The maximum Gasteiger partial charge on any atom is 0.340 e. The minimum absolute atomic E-state index is 0.118. The van der Waals surface area contributed by atoms with Crippen LogP contribution >= 0.6 is 0 Å². The number of rotatable bonds is 12.